The number of benzene rings is 4. The number of likely N-dealkylation sites (N-methyl/N-ethyl adjacent to an activating group) is 1. The molecule has 3 N–H and O–H groups in total. The van der Waals surface area contributed by atoms with Crippen LogP contribution in [-0.4, -0.2) is 286 Å². The van der Waals surface area contributed by atoms with Gasteiger partial charge in [-0.15, -0.1) is 0 Å². The lowest BCUT2D eigenvalue weighted by atomic mass is 10.0. The van der Waals surface area contributed by atoms with Crippen molar-refractivity contribution in [3.63, 3.8) is 0 Å². The summed E-state index contributed by atoms with van der Waals surface area (Å²) < 4.78 is 32.9. The molecular weight excluding hydrogens is 1470 g/mol. The quantitative estimate of drug-likeness (QED) is 0.128. The van der Waals surface area contributed by atoms with Gasteiger partial charge in [0.25, 0.3) is 0 Å². The minimum absolute atomic E-state index is 0.121. The lowest BCUT2D eigenvalue weighted by molar-refractivity contribution is -0.132. The number of amides is 1. The number of hydrogen-bond donors (Lipinski definition) is 3. The number of piperidine rings is 1. The molecular formula is C89H107N23O5. The maximum atomic E-state index is 11.9. The number of fused-ring (bicyclic) bond motifs is 22. The number of rotatable bonds is 0. The molecule has 19 heterocycles. The SMILES string of the molecule is CC(=O)N1CCN2CCNc3ccn4ncc(c4n3)-c3cc(ccc3C)OC[C@H]2C1.Cc1ccc2cc1-c1cnn3ccc(nc13)N(C)CCN1C[C@H](CN3CCC[C@H]3C1)O2.Cc1ccc2cc1-c1cnn3ccc(nc13)NCCN1CCC(CC1)O2.Cc1ccc2cc1-c1cnn3ccc(nc13)NCCN1C[C@H]3CCCN3C[C@@H]1CO2. The summed E-state index contributed by atoms with van der Waals surface area (Å²) >= 11 is 0. The normalized spacial score (nSPS) is 23.4. The van der Waals surface area contributed by atoms with Crippen molar-refractivity contribution in [1.29, 1.82) is 0 Å². The largest absolute Gasteiger partial charge is 0.492 e. The number of aromatic nitrogens is 12. The van der Waals surface area contributed by atoms with Gasteiger partial charge >= 0.3 is 0 Å². The zero-order valence-corrected chi connectivity index (χ0v) is 68.1. The number of nitrogens with one attached hydrogen (secondary N) is 3. The Morgan fingerprint density at radius 3 is 1.34 bits per heavy atom. The van der Waals surface area contributed by atoms with Crippen LogP contribution in [0.2, 0.25) is 0 Å². The third-order valence-electron chi connectivity index (χ3n) is 25.6. The highest BCUT2D eigenvalue weighted by molar-refractivity contribution is 5.84. The molecule has 28 nitrogen and oxygen atoms in total. The van der Waals surface area contributed by atoms with Crippen LogP contribution in [-0.2, 0) is 4.79 Å². The fourth-order valence-corrected chi connectivity index (χ4v) is 18.8. The summed E-state index contributed by atoms with van der Waals surface area (Å²) in [7, 11) is 2.14. The maximum absolute atomic E-state index is 11.9. The van der Waals surface area contributed by atoms with E-state index in [0.717, 1.165) is 250 Å². The van der Waals surface area contributed by atoms with Gasteiger partial charge in [-0.1, -0.05) is 24.3 Å². The fraction of sp³-hybridized carbons (Fsp3) is 0.449. The molecule has 23 rings (SSSR count). The van der Waals surface area contributed by atoms with E-state index < -0.39 is 0 Å². The lowest BCUT2D eigenvalue weighted by Crippen LogP contribution is -2.58. The number of piperazine rings is 2. The van der Waals surface area contributed by atoms with Crippen LogP contribution in [0.3, 0.4) is 0 Å². The molecule has 117 heavy (non-hydrogen) atoms. The molecule has 0 aliphatic carbocycles. The number of ether oxygens (including phenoxy) is 4. The van der Waals surface area contributed by atoms with Crippen LogP contribution in [0.5, 0.6) is 23.0 Å². The lowest BCUT2D eigenvalue weighted by Gasteiger charge is -2.43. The summed E-state index contributed by atoms with van der Waals surface area (Å²) in [6.07, 6.45) is 23.3. The molecule has 11 aliphatic rings. The van der Waals surface area contributed by atoms with E-state index in [9.17, 15) is 4.79 Å². The average molecular weight is 1580 g/mol. The summed E-state index contributed by atoms with van der Waals surface area (Å²) in [4.78, 5) is 51.0. The van der Waals surface area contributed by atoms with Gasteiger partial charge in [-0.25, -0.2) is 38.0 Å². The van der Waals surface area contributed by atoms with Crippen molar-refractivity contribution in [1.82, 2.24) is 92.7 Å². The van der Waals surface area contributed by atoms with E-state index in [-0.39, 0.29) is 18.1 Å². The Morgan fingerprint density at radius 1 is 0.376 bits per heavy atom. The van der Waals surface area contributed by atoms with Crippen LogP contribution in [0, 0.1) is 27.7 Å². The second kappa shape index (κ2) is 33.2. The van der Waals surface area contributed by atoms with Crippen LogP contribution < -0.4 is 39.8 Å². The highest BCUT2D eigenvalue weighted by Gasteiger charge is 2.38. The minimum atomic E-state index is 0.121. The number of carbonyl (C=O) groups is 1. The van der Waals surface area contributed by atoms with Crippen LogP contribution >= 0.6 is 0 Å². The van der Waals surface area contributed by atoms with E-state index in [1.807, 2.05) is 92.3 Å². The van der Waals surface area contributed by atoms with Crippen LogP contribution in [0.1, 0.15) is 67.7 Å². The molecule has 28 heteroatoms. The standard InChI is InChI=1S/C24H30N6O.C23H28N6O.C22H26N6O2.C20H23N5O/c1-17-5-6-19-12-21(17)22-13-25-30-9-7-23(26-24(22)30)27(2)10-11-28-14-18-4-3-8-29(18)16-20(15-28)31-19;1-16-4-5-19-11-20(16)21-12-25-29-9-6-22(26-23(21)29)24-7-10-28-13-17-3-2-8-27(17)14-18(28)15-30-19;1-15-3-4-18-11-19(15)20-12-24-28-7-5-21(25-22(20)28)23-6-8-26-9-10-27(16(2)29)13-17(26)14-30-18;1-14-2-3-16-12-17(14)18-13-22-25-10-6-19(23-20(18)25)21-7-11-24-8-4-15(26-16)5-9-24/h5-7,9,12-13,18,20H,3-4,8,10-11,14-16H2,1-2H3;4-6,9,11-12,17-18H,2-3,7-8,10,13-15H2,1H3,(H,24,26);3-5,7,11-12,17H,6,8-10,13-14H2,1-2H3,(H,23,25);2-3,6,10,12-13,15H,4-5,7-9,11H2,1H3,(H,21,23)/t18-,20+;17-,18-;17-;/m011./s1. The van der Waals surface area contributed by atoms with Gasteiger partial charge < -0.3 is 49.6 Å². The van der Waals surface area contributed by atoms with E-state index in [4.69, 9.17) is 38.9 Å². The van der Waals surface area contributed by atoms with E-state index in [1.54, 1.807) is 11.4 Å². The predicted octanol–water partition coefficient (Wildman–Crippen LogP) is 10.4. The molecule has 6 atom stereocenters. The van der Waals surface area contributed by atoms with Gasteiger partial charge in [0, 0.05) is 191 Å². The number of nitrogens with zero attached hydrogens (tertiary/aromatic N) is 20. The third kappa shape index (κ3) is 16.3. The van der Waals surface area contributed by atoms with Crippen LogP contribution in [0.4, 0.5) is 23.3 Å². The first-order chi connectivity index (χ1) is 57.2. The van der Waals surface area contributed by atoms with Gasteiger partial charge in [0.1, 0.15) is 71.7 Å². The second-order valence-corrected chi connectivity index (χ2v) is 33.3. The maximum Gasteiger partial charge on any atom is 0.219 e. The molecule has 1 unspecified atom stereocenters. The molecule has 0 saturated carbocycles. The van der Waals surface area contributed by atoms with Gasteiger partial charge in [-0.3, -0.25) is 29.3 Å². The van der Waals surface area contributed by atoms with E-state index in [1.165, 1.54) is 55.5 Å². The van der Waals surface area contributed by atoms with E-state index in [0.29, 0.717) is 37.4 Å². The molecule has 8 aromatic heterocycles. The van der Waals surface area contributed by atoms with Crippen molar-refractivity contribution in [2.24, 2.45) is 0 Å². The van der Waals surface area contributed by atoms with Crippen LogP contribution in [0.15, 0.2) is 147 Å². The summed E-state index contributed by atoms with van der Waals surface area (Å²) in [6.45, 7) is 31.0. The third-order valence-corrected chi connectivity index (χ3v) is 25.6. The monoisotopic (exact) mass is 1580 g/mol. The van der Waals surface area contributed by atoms with Gasteiger partial charge in [-0.05, 0) is 197 Å². The summed E-state index contributed by atoms with van der Waals surface area (Å²) in [5.74, 6) is 7.37. The van der Waals surface area contributed by atoms with Crippen molar-refractivity contribution < 1.29 is 23.7 Å². The molecule has 608 valence electrons. The Morgan fingerprint density at radius 2 is 0.812 bits per heavy atom. The molecule has 11 aliphatic heterocycles. The Hall–Kier alpha value is -11.0. The molecule has 1 amide bonds. The Labute approximate surface area is 682 Å². The zero-order valence-electron chi connectivity index (χ0n) is 68.1. The first-order valence-corrected chi connectivity index (χ1v) is 42.2. The average Bonchev–Trinajstić information content (AvgIpc) is 1.69. The minimum Gasteiger partial charge on any atom is -0.492 e. The smallest absolute Gasteiger partial charge is 0.219 e. The first-order valence-electron chi connectivity index (χ1n) is 42.2. The van der Waals surface area contributed by atoms with Gasteiger partial charge in [-0.2, -0.15) is 20.4 Å². The number of anilines is 4. The molecule has 4 aromatic carbocycles. The van der Waals surface area contributed by atoms with Gasteiger partial charge in [0.2, 0.25) is 5.91 Å². The fourth-order valence-electron chi connectivity index (χ4n) is 18.8. The zero-order chi connectivity index (χ0) is 79.2. The second-order valence-electron chi connectivity index (χ2n) is 33.3. The van der Waals surface area contributed by atoms with Crippen molar-refractivity contribution in [2.45, 2.75) is 110 Å². The molecule has 6 fully saturated rings. The highest BCUT2D eigenvalue weighted by Crippen LogP contribution is 2.38. The number of aryl methyl sites for hydroxylation is 4. The van der Waals surface area contributed by atoms with Crippen LogP contribution in [0.25, 0.3) is 67.1 Å². The highest BCUT2D eigenvalue weighted by atomic mass is 16.5. The topological polar surface area (TPSA) is 237 Å². The Balaban J connectivity index is 0.000000104. The van der Waals surface area contributed by atoms with Gasteiger partial charge in [0.15, 0.2) is 22.6 Å². The van der Waals surface area contributed by atoms with E-state index >= 15 is 0 Å². The molecule has 12 aromatic rings. The number of carbonyl (C=O) groups excluding carboxylic acids is 1. The molecule has 0 radical (unpaired) electrons. The summed E-state index contributed by atoms with van der Waals surface area (Å²) in [5, 5.41) is 28.5. The van der Waals surface area contributed by atoms with Gasteiger partial charge in [0.05, 0.1) is 36.9 Å². The molecule has 6 saturated heterocycles. The first kappa shape index (κ1) is 76.0. The predicted molar refractivity (Wildman–Crippen MR) is 455 cm³/mol. The molecule has 0 spiro atoms. The van der Waals surface area contributed by atoms with Crippen molar-refractivity contribution >= 4 is 51.8 Å². The van der Waals surface area contributed by atoms with Crippen molar-refractivity contribution in [2.75, 3.05) is 172 Å². The Kier molecular flexibility index (Phi) is 21.5. The number of hydrogen-bond acceptors (Lipinski definition) is 23. The van der Waals surface area contributed by atoms with E-state index in [2.05, 4.69) is 178 Å². The van der Waals surface area contributed by atoms with Crippen molar-refractivity contribution in [3.05, 3.63) is 169 Å². The molecule has 20 bridgehead atoms. The summed E-state index contributed by atoms with van der Waals surface area (Å²) in [6, 6.07) is 35.2. The summed E-state index contributed by atoms with van der Waals surface area (Å²) in [5.41, 5.74) is 16.8. The Bertz CT molecular complexity index is 5580. The van der Waals surface area contributed by atoms with Crippen molar-refractivity contribution in [3.8, 4) is 67.5 Å².